The predicted octanol–water partition coefficient (Wildman–Crippen LogP) is 2.27. The lowest BCUT2D eigenvalue weighted by Crippen LogP contribution is -2.31. The molecule has 2 heterocycles. The Bertz CT molecular complexity index is 485. The fourth-order valence-electron chi connectivity index (χ4n) is 2.54. The van der Waals surface area contributed by atoms with E-state index in [0.717, 1.165) is 31.7 Å². The Kier molecular flexibility index (Phi) is 5.03. The third-order valence-corrected chi connectivity index (χ3v) is 3.70. The van der Waals surface area contributed by atoms with Crippen LogP contribution in [0.3, 0.4) is 0 Å². The molecule has 1 saturated heterocycles. The van der Waals surface area contributed by atoms with E-state index in [1.54, 1.807) is 20.0 Å². The van der Waals surface area contributed by atoms with E-state index >= 15 is 0 Å². The van der Waals surface area contributed by atoms with Gasteiger partial charge in [0.15, 0.2) is 0 Å². The summed E-state index contributed by atoms with van der Waals surface area (Å²) in [5.41, 5.74) is 2.16. The summed E-state index contributed by atoms with van der Waals surface area (Å²) in [4.78, 5) is 15.0. The average Bonchev–Trinajstić information content (AvgIpc) is 2.42. The second-order valence-electron chi connectivity index (χ2n) is 5.24. The molecule has 20 heavy (non-hydrogen) atoms. The van der Waals surface area contributed by atoms with E-state index < -0.39 is 0 Å². The number of aromatic nitrogens is 1. The molecule has 1 atom stereocenters. The first kappa shape index (κ1) is 14.9. The van der Waals surface area contributed by atoms with Gasteiger partial charge in [0.25, 0.3) is 5.69 Å². The maximum absolute atomic E-state index is 11.1. The van der Waals surface area contributed by atoms with Crippen LogP contribution in [0.15, 0.2) is 6.20 Å². The largest absolute Gasteiger partial charge is 0.377 e. The highest BCUT2D eigenvalue weighted by Crippen LogP contribution is 2.23. The van der Waals surface area contributed by atoms with Crippen molar-refractivity contribution in [3.05, 3.63) is 33.1 Å². The molecule has 0 bridgehead atoms. The van der Waals surface area contributed by atoms with Crippen LogP contribution in [0.4, 0.5) is 5.69 Å². The number of pyridine rings is 1. The monoisotopic (exact) mass is 279 g/mol. The fourth-order valence-corrected chi connectivity index (χ4v) is 2.54. The molecule has 6 heteroatoms. The zero-order chi connectivity index (χ0) is 14.5. The lowest BCUT2D eigenvalue weighted by molar-refractivity contribution is -0.386. The molecule has 1 N–H and O–H groups in total. The van der Waals surface area contributed by atoms with Crippen LogP contribution in [-0.2, 0) is 11.3 Å². The van der Waals surface area contributed by atoms with Crippen molar-refractivity contribution in [1.82, 2.24) is 10.3 Å². The van der Waals surface area contributed by atoms with E-state index in [2.05, 4.69) is 10.3 Å². The number of rotatable bonds is 5. The van der Waals surface area contributed by atoms with Crippen LogP contribution in [0.5, 0.6) is 0 Å². The summed E-state index contributed by atoms with van der Waals surface area (Å²) in [6.45, 7) is 5.60. The number of hydrogen-bond acceptors (Lipinski definition) is 5. The van der Waals surface area contributed by atoms with Crippen molar-refractivity contribution in [3.8, 4) is 0 Å². The van der Waals surface area contributed by atoms with Gasteiger partial charge in [0.05, 0.1) is 16.7 Å². The summed E-state index contributed by atoms with van der Waals surface area (Å²) >= 11 is 0. The molecule has 6 nitrogen and oxygen atoms in total. The van der Waals surface area contributed by atoms with Gasteiger partial charge in [0, 0.05) is 37.0 Å². The van der Waals surface area contributed by atoms with E-state index in [1.165, 1.54) is 6.42 Å². The predicted molar refractivity (Wildman–Crippen MR) is 75.7 cm³/mol. The molecule has 0 radical (unpaired) electrons. The first-order valence-electron chi connectivity index (χ1n) is 7.01. The highest BCUT2D eigenvalue weighted by atomic mass is 16.6. The van der Waals surface area contributed by atoms with E-state index in [-0.39, 0.29) is 16.7 Å². The number of hydrogen-bond donors (Lipinski definition) is 1. The number of aryl methyl sites for hydroxylation is 1. The molecule has 1 aliphatic heterocycles. The Balaban J connectivity index is 1.95. The van der Waals surface area contributed by atoms with Crippen LogP contribution in [-0.4, -0.2) is 29.2 Å². The lowest BCUT2D eigenvalue weighted by atomic mass is 10.1. The second kappa shape index (κ2) is 6.76. The highest BCUT2D eigenvalue weighted by Gasteiger charge is 2.19. The lowest BCUT2D eigenvalue weighted by Gasteiger charge is -2.22. The third kappa shape index (κ3) is 3.52. The smallest absolute Gasteiger partial charge is 0.278 e. The van der Waals surface area contributed by atoms with Crippen LogP contribution in [0.25, 0.3) is 0 Å². The van der Waals surface area contributed by atoms with Gasteiger partial charge >= 0.3 is 0 Å². The van der Waals surface area contributed by atoms with E-state index in [1.807, 2.05) is 0 Å². The number of ether oxygens (including phenoxy) is 1. The van der Waals surface area contributed by atoms with E-state index in [9.17, 15) is 10.1 Å². The molecule has 0 aliphatic carbocycles. The minimum Gasteiger partial charge on any atom is -0.377 e. The maximum atomic E-state index is 11.1. The Morgan fingerprint density at radius 1 is 1.50 bits per heavy atom. The summed E-state index contributed by atoms with van der Waals surface area (Å²) in [6.07, 6.45) is 5.25. The average molecular weight is 279 g/mol. The summed E-state index contributed by atoms with van der Waals surface area (Å²) in [7, 11) is 0. The van der Waals surface area contributed by atoms with Gasteiger partial charge in [-0.15, -0.1) is 0 Å². The van der Waals surface area contributed by atoms with Gasteiger partial charge in [-0.3, -0.25) is 15.1 Å². The zero-order valence-electron chi connectivity index (χ0n) is 12.0. The van der Waals surface area contributed by atoms with Crippen molar-refractivity contribution in [2.75, 3.05) is 13.2 Å². The van der Waals surface area contributed by atoms with Gasteiger partial charge in [0.1, 0.15) is 0 Å². The van der Waals surface area contributed by atoms with Crippen molar-refractivity contribution in [2.45, 2.75) is 45.8 Å². The first-order chi connectivity index (χ1) is 9.59. The molecule has 1 unspecified atom stereocenters. The Hall–Kier alpha value is -1.53. The number of nitrogens with one attached hydrogen (secondary N) is 1. The van der Waals surface area contributed by atoms with Crippen LogP contribution in [0.2, 0.25) is 0 Å². The SMILES string of the molecule is Cc1cnc(CNCC2CCCCO2)c(C)c1[N+](=O)[O-]. The molecule has 0 aromatic carbocycles. The maximum Gasteiger partial charge on any atom is 0.278 e. The van der Waals surface area contributed by atoms with Gasteiger partial charge in [-0.1, -0.05) is 0 Å². The van der Waals surface area contributed by atoms with Gasteiger partial charge in [-0.25, -0.2) is 0 Å². The summed E-state index contributed by atoms with van der Waals surface area (Å²) < 4.78 is 5.64. The Labute approximate surface area is 118 Å². The van der Waals surface area contributed by atoms with Gasteiger partial charge < -0.3 is 10.1 Å². The van der Waals surface area contributed by atoms with E-state index in [4.69, 9.17) is 4.74 Å². The summed E-state index contributed by atoms with van der Waals surface area (Å²) in [6, 6.07) is 0. The molecule has 2 rings (SSSR count). The molecular weight excluding hydrogens is 258 g/mol. The first-order valence-corrected chi connectivity index (χ1v) is 7.01. The molecule has 1 fully saturated rings. The minimum absolute atomic E-state index is 0.172. The summed E-state index contributed by atoms with van der Waals surface area (Å²) in [5.74, 6) is 0. The van der Waals surface area contributed by atoms with Crippen LogP contribution in [0, 0.1) is 24.0 Å². The molecule has 0 saturated carbocycles. The molecule has 1 aliphatic rings. The minimum atomic E-state index is -0.333. The van der Waals surface area contributed by atoms with Crippen LogP contribution < -0.4 is 5.32 Å². The molecule has 1 aromatic rings. The van der Waals surface area contributed by atoms with Crippen LogP contribution >= 0.6 is 0 Å². The van der Waals surface area contributed by atoms with E-state index in [0.29, 0.717) is 17.7 Å². The van der Waals surface area contributed by atoms with Crippen LogP contribution in [0.1, 0.15) is 36.1 Å². The van der Waals surface area contributed by atoms with Gasteiger partial charge in [-0.2, -0.15) is 0 Å². The molecule has 1 aromatic heterocycles. The molecule has 110 valence electrons. The van der Waals surface area contributed by atoms with Crippen molar-refractivity contribution in [2.24, 2.45) is 0 Å². The fraction of sp³-hybridized carbons (Fsp3) is 0.643. The van der Waals surface area contributed by atoms with Gasteiger partial charge in [0.2, 0.25) is 0 Å². The second-order valence-corrected chi connectivity index (χ2v) is 5.24. The highest BCUT2D eigenvalue weighted by molar-refractivity contribution is 5.47. The number of nitrogens with zero attached hydrogens (tertiary/aromatic N) is 2. The Morgan fingerprint density at radius 3 is 2.95 bits per heavy atom. The standard InChI is InChI=1S/C14H21N3O3/c1-10-7-16-13(11(2)14(10)17(18)19)9-15-8-12-5-3-4-6-20-12/h7,12,15H,3-6,8-9H2,1-2H3. The number of nitro groups is 1. The Morgan fingerprint density at radius 2 is 2.30 bits per heavy atom. The van der Waals surface area contributed by atoms with Crippen molar-refractivity contribution in [1.29, 1.82) is 0 Å². The third-order valence-electron chi connectivity index (χ3n) is 3.70. The quantitative estimate of drug-likeness (QED) is 0.661. The van der Waals surface area contributed by atoms with Crippen molar-refractivity contribution < 1.29 is 9.66 Å². The molecule has 0 amide bonds. The molecular formula is C14H21N3O3. The molecule has 0 spiro atoms. The zero-order valence-corrected chi connectivity index (χ0v) is 12.0. The van der Waals surface area contributed by atoms with Crippen molar-refractivity contribution in [3.63, 3.8) is 0 Å². The normalized spacial score (nSPS) is 19.0. The summed E-state index contributed by atoms with van der Waals surface area (Å²) in [5, 5.41) is 14.3. The van der Waals surface area contributed by atoms with Crippen molar-refractivity contribution >= 4 is 5.69 Å². The topological polar surface area (TPSA) is 77.3 Å². The van der Waals surface area contributed by atoms with Gasteiger partial charge in [-0.05, 0) is 33.1 Å².